The molecule has 0 unspecified atom stereocenters. The first kappa shape index (κ1) is 14.4. The highest BCUT2D eigenvalue weighted by molar-refractivity contribution is 7.85. The van der Waals surface area contributed by atoms with E-state index in [0.29, 0.717) is 26.2 Å². The maximum Gasteiger partial charge on any atom is 0.304 e. The van der Waals surface area contributed by atoms with Gasteiger partial charge in [-0.25, -0.2) is 0 Å². The molecule has 0 aromatic carbocycles. The molecule has 1 rings (SSSR count). The third-order valence-electron chi connectivity index (χ3n) is 2.77. The van der Waals surface area contributed by atoms with Crippen LogP contribution in [0.2, 0.25) is 0 Å². The molecule has 2 N–H and O–H groups in total. The molecular weight excluding hydrogens is 248 g/mol. The van der Waals surface area contributed by atoms with Crippen molar-refractivity contribution in [1.29, 1.82) is 0 Å². The molecule has 0 radical (unpaired) electrons. The Labute approximate surface area is 101 Å². The Balaban J connectivity index is 2.19. The molecule has 17 heavy (non-hydrogen) atoms. The van der Waals surface area contributed by atoms with Gasteiger partial charge in [0.1, 0.15) is 0 Å². The van der Waals surface area contributed by atoms with Gasteiger partial charge in [0.25, 0.3) is 10.1 Å². The highest BCUT2D eigenvalue weighted by Crippen LogP contribution is 2.02. The predicted molar refractivity (Wildman–Crippen MR) is 61.5 cm³/mol. The minimum Gasteiger partial charge on any atom is -0.481 e. The van der Waals surface area contributed by atoms with Crippen molar-refractivity contribution in [2.45, 2.75) is 6.42 Å². The lowest BCUT2D eigenvalue weighted by molar-refractivity contribution is -0.137. The van der Waals surface area contributed by atoms with Crippen LogP contribution in [0.25, 0.3) is 0 Å². The SMILES string of the molecule is O=C(O)CCN1CCN(CCS(=O)(=O)O)CC1. The second-order valence-electron chi connectivity index (χ2n) is 4.11. The Morgan fingerprint density at radius 2 is 1.53 bits per heavy atom. The number of rotatable bonds is 6. The zero-order valence-corrected chi connectivity index (χ0v) is 10.4. The lowest BCUT2D eigenvalue weighted by Gasteiger charge is -2.34. The molecule has 0 bridgehead atoms. The summed E-state index contributed by atoms with van der Waals surface area (Å²) in [6.07, 6.45) is 0.130. The molecule has 0 aromatic heterocycles. The molecule has 0 atom stereocenters. The van der Waals surface area contributed by atoms with Crippen molar-refractivity contribution in [3.63, 3.8) is 0 Å². The van der Waals surface area contributed by atoms with E-state index in [4.69, 9.17) is 9.66 Å². The van der Waals surface area contributed by atoms with Crippen LogP contribution in [0, 0.1) is 0 Å². The summed E-state index contributed by atoms with van der Waals surface area (Å²) in [5.74, 6) is -1.05. The zero-order chi connectivity index (χ0) is 12.9. The molecule has 8 heteroatoms. The van der Waals surface area contributed by atoms with E-state index >= 15 is 0 Å². The standard InChI is InChI=1S/C9H18N2O5S/c12-9(13)1-2-10-3-5-11(6-4-10)7-8-17(14,15)16/h1-8H2,(H,12,13)(H,14,15,16). The maximum atomic E-state index is 10.6. The molecule has 0 saturated carbocycles. The molecule has 0 amide bonds. The van der Waals surface area contributed by atoms with Crippen molar-refractivity contribution in [1.82, 2.24) is 9.80 Å². The summed E-state index contributed by atoms with van der Waals surface area (Å²) in [5.41, 5.74) is 0. The topological polar surface area (TPSA) is 98.2 Å². The average Bonchev–Trinajstić information content (AvgIpc) is 2.24. The summed E-state index contributed by atoms with van der Waals surface area (Å²) >= 11 is 0. The molecule has 7 nitrogen and oxygen atoms in total. The van der Waals surface area contributed by atoms with Gasteiger partial charge in [-0.1, -0.05) is 0 Å². The number of hydrogen-bond donors (Lipinski definition) is 2. The predicted octanol–water partition coefficient (Wildman–Crippen LogP) is -1.03. The van der Waals surface area contributed by atoms with Gasteiger partial charge in [-0.2, -0.15) is 8.42 Å². The van der Waals surface area contributed by atoms with Crippen LogP contribution in [-0.2, 0) is 14.9 Å². The van der Waals surface area contributed by atoms with Gasteiger partial charge in [-0.3, -0.25) is 14.2 Å². The second kappa shape index (κ2) is 6.29. The maximum absolute atomic E-state index is 10.6. The normalized spacial score (nSPS) is 19.4. The van der Waals surface area contributed by atoms with Crippen LogP contribution in [0.3, 0.4) is 0 Å². The van der Waals surface area contributed by atoms with Gasteiger partial charge in [0, 0.05) is 39.3 Å². The van der Waals surface area contributed by atoms with E-state index in [9.17, 15) is 13.2 Å². The van der Waals surface area contributed by atoms with Crippen LogP contribution >= 0.6 is 0 Å². The molecule has 1 heterocycles. The van der Waals surface area contributed by atoms with Crippen LogP contribution in [-0.4, -0.2) is 78.9 Å². The summed E-state index contributed by atoms with van der Waals surface area (Å²) in [7, 11) is -3.89. The number of piperazine rings is 1. The summed E-state index contributed by atoms with van der Waals surface area (Å²) < 4.78 is 29.8. The van der Waals surface area contributed by atoms with Crippen LogP contribution < -0.4 is 0 Å². The molecule has 0 aromatic rings. The molecule has 1 saturated heterocycles. The molecule has 100 valence electrons. The molecule has 0 aliphatic carbocycles. The van der Waals surface area contributed by atoms with Crippen molar-refractivity contribution in [2.24, 2.45) is 0 Å². The summed E-state index contributed by atoms with van der Waals surface area (Å²) in [5, 5.41) is 8.54. The van der Waals surface area contributed by atoms with Crippen molar-refractivity contribution in [3.05, 3.63) is 0 Å². The first-order chi connectivity index (χ1) is 7.87. The number of carbonyl (C=O) groups is 1. The Bertz CT molecular complexity index is 348. The highest BCUT2D eigenvalue weighted by atomic mass is 32.2. The largest absolute Gasteiger partial charge is 0.481 e. The third kappa shape index (κ3) is 6.57. The van der Waals surface area contributed by atoms with Gasteiger partial charge in [0.15, 0.2) is 0 Å². The number of nitrogens with zero attached hydrogens (tertiary/aromatic N) is 2. The number of hydrogen-bond acceptors (Lipinski definition) is 5. The van der Waals surface area contributed by atoms with Gasteiger partial charge in [-0.15, -0.1) is 0 Å². The molecule has 0 spiro atoms. The van der Waals surface area contributed by atoms with Gasteiger partial charge in [0.2, 0.25) is 0 Å². The fourth-order valence-corrected chi connectivity index (χ4v) is 2.22. The molecular formula is C9H18N2O5S. The minimum absolute atomic E-state index is 0.130. The average molecular weight is 266 g/mol. The van der Waals surface area contributed by atoms with Crippen LogP contribution in [0.15, 0.2) is 0 Å². The minimum atomic E-state index is -3.89. The van der Waals surface area contributed by atoms with Crippen molar-refractivity contribution >= 4 is 16.1 Å². The lowest BCUT2D eigenvalue weighted by Crippen LogP contribution is -2.47. The molecule has 1 aliphatic heterocycles. The van der Waals surface area contributed by atoms with Gasteiger partial charge in [-0.05, 0) is 0 Å². The summed E-state index contributed by atoms with van der Waals surface area (Å²) in [6, 6.07) is 0. The summed E-state index contributed by atoms with van der Waals surface area (Å²) in [4.78, 5) is 14.4. The monoisotopic (exact) mass is 266 g/mol. The van der Waals surface area contributed by atoms with E-state index < -0.39 is 16.1 Å². The van der Waals surface area contributed by atoms with Crippen LogP contribution in [0.4, 0.5) is 0 Å². The van der Waals surface area contributed by atoms with E-state index in [-0.39, 0.29) is 12.2 Å². The van der Waals surface area contributed by atoms with Crippen molar-refractivity contribution < 1.29 is 22.9 Å². The fourth-order valence-electron chi connectivity index (χ4n) is 1.73. The van der Waals surface area contributed by atoms with Gasteiger partial charge < -0.3 is 10.0 Å². The van der Waals surface area contributed by atoms with Crippen molar-refractivity contribution in [3.8, 4) is 0 Å². The number of carboxylic acids is 1. The van der Waals surface area contributed by atoms with Crippen molar-refractivity contribution in [2.75, 3.05) is 45.0 Å². The summed E-state index contributed by atoms with van der Waals surface area (Å²) in [6.45, 7) is 3.73. The van der Waals surface area contributed by atoms with E-state index in [1.807, 2.05) is 9.80 Å². The Hall–Kier alpha value is -0.700. The van der Waals surface area contributed by atoms with Crippen LogP contribution in [0.1, 0.15) is 6.42 Å². The fraction of sp³-hybridized carbons (Fsp3) is 0.889. The van der Waals surface area contributed by atoms with E-state index in [0.717, 1.165) is 13.1 Å². The third-order valence-corrected chi connectivity index (χ3v) is 3.47. The van der Waals surface area contributed by atoms with E-state index in [1.54, 1.807) is 0 Å². The number of carboxylic acid groups (broad SMARTS) is 1. The molecule has 1 aliphatic rings. The second-order valence-corrected chi connectivity index (χ2v) is 5.69. The number of aliphatic carboxylic acids is 1. The highest BCUT2D eigenvalue weighted by Gasteiger charge is 2.18. The molecule has 1 fully saturated rings. The lowest BCUT2D eigenvalue weighted by atomic mass is 10.3. The first-order valence-electron chi connectivity index (χ1n) is 5.48. The smallest absolute Gasteiger partial charge is 0.304 e. The first-order valence-corrected chi connectivity index (χ1v) is 7.09. The van der Waals surface area contributed by atoms with Gasteiger partial charge in [0.05, 0.1) is 12.2 Å². The quantitative estimate of drug-likeness (QED) is 0.593. The Morgan fingerprint density at radius 1 is 1.06 bits per heavy atom. The van der Waals surface area contributed by atoms with E-state index in [1.165, 1.54) is 0 Å². The Kier molecular flexibility index (Phi) is 5.31. The van der Waals surface area contributed by atoms with E-state index in [2.05, 4.69) is 0 Å². The van der Waals surface area contributed by atoms with Crippen LogP contribution in [0.5, 0.6) is 0 Å². The van der Waals surface area contributed by atoms with Gasteiger partial charge >= 0.3 is 5.97 Å². The zero-order valence-electron chi connectivity index (χ0n) is 9.58. The Morgan fingerprint density at radius 3 is 1.94 bits per heavy atom.